The Morgan fingerprint density at radius 2 is 1.76 bits per heavy atom. The Bertz CT molecular complexity index is 706. The second kappa shape index (κ2) is 9.74. The van der Waals surface area contributed by atoms with Crippen molar-refractivity contribution in [2.24, 2.45) is 0 Å². The number of thioether (sulfide) groups is 1. The fourth-order valence-corrected chi connectivity index (χ4v) is 2.91. The molecule has 0 saturated heterocycles. The maximum atomic E-state index is 12.2. The second-order valence-electron chi connectivity index (χ2n) is 5.23. The van der Waals surface area contributed by atoms with Crippen molar-refractivity contribution in [2.75, 3.05) is 18.2 Å². The van der Waals surface area contributed by atoms with Crippen molar-refractivity contribution in [3.8, 4) is 5.75 Å². The number of methoxy groups -OCH3 is 1. The number of carbonyl (C=O) groups excluding carboxylic acids is 2. The molecule has 2 rings (SSSR count). The van der Waals surface area contributed by atoms with E-state index in [0.717, 1.165) is 4.90 Å². The van der Waals surface area contributed by atoms with Crippen LogP contribution in [-0.4, -0.2) is 30.8 Å². The quantitative estimate of drug-likeness (QED) is 0.574. The fourth-order valence-electron chi connectivity index (χ4n) is 2.06. The summed E-state index contributed by atoms with van der Waals surface area (Å²) in [6.45, 7) is 1.55. The smallest absolute Gasteiger partial charge is 0.307 e. The molecule has 0 spiro atoms. The van der Waals surface area contributed by atoms with Crippen LogP contribution in [0.5, 0.6) is 5.75 Å². The van der Waals surface area contributed by atoms with Gasteiger partial charge in [-0.1, -0.05) is 30.3 Å². The van der Waals surface area contributed by atoms with E-state index in [4.69, 9.17) is 9.47 Å². The zero-order valence-corrected chi connectivity index (χ0v) is 15.0. The highest BCUT2D eigenvalue weighted by Gasteiger charge is 2.19. The molecular weight excluding hydrogens is 338 g/mol. The van der Waals surface area contributed by atoms with Crippen molar-refractivity contribution in [2.45, 2.75) is 24.3 Å². The first-order chi connectivity index (χ1) is 12.1. The Balaban J connectivity index is 1.77. The summed E-state index contributed by atoms with van der Waals surface area (Å²) in [5, 5.41) is 2.70. The molecule has 0 aromatic heterocycles. The number of benzene rings is 2. The van der Waals surface area contributed by atoms with Gasteiger partial charge in [0.15, 0.2) is 6.10 Å². The minimum absolute atomic E-state index is 0.242. The summed E-state index contributed by atoms with van der Waals surface area (Å²) in [4.78, 5) is 25.1. The predicted molar refractivity (Wildman–Crippen MR) is 99.0 cm³/mol. The van der Waals surface area contributed by atoms with E-state index in [0.29, 0.717) is 17.2 Å². The highest BCUT2D eigenvalue weighted by atomic mass is 32.2. The Labute approximate surface area is 151 Å². The van der Waals surface area contributed by atoms with Gasteiger partial charge < -0.3 is 14.8 Å². The van der Waals surface area contributed by atoms with E-state index in [1.165, 1.54) is 7.11 Å². The number of anilines is 1. The molecule has 132 valence electrons. The standard InChI is InChI=1S/C19H21NO4S/c1-14(19(22)20-16-10-6-7-11-17(16)23-2)24-18(21)12-13-25-15-8-4-3-5-9-15/h3-11,14H,12-13H2,1-2H3,(H,20,22)/t14-/m1/s1. The summed E-state index contributed by atoms with van der Waals surface area (Å²) in [7, 11) is 1.53. The molecule has 25 heavy (non-hydrogen) atoms. The van der Waals surface area contributed by atoms with Crippen LogP contribution in [0.3, 0.4) is 0 Å². The molecule has 2 aromatic carbocycles. The van der Waals surface area contributed by atoms with Crippen molar-refractivity contribution < 1.29 is 19.1 Å². The van der Waals surface area contributed by atoms with Crippen LogP contribution in [0.2, 0.25) is 0 Å². The molecule has 6 heteroatoms. The number of hydrogen-bond donors (Lipinski definition) is 1. The molecule has 0 aliphatic carbocycles. The van der Waals surface area contributed by atoms with Crippen LogP contribution in [0.25, 0.3) is 0 Å². The van der Waals surface area contributed by atoms with Gasteiger partial charge in [-0.05, 0) is 31.2 Å². The average molecular weight is 359 g/mol. The highest BCUT2D eigenvalue weighted by molar-refractivity contribution is 7.99. The van der Waals surface area contributed by atoms with Crippen molar-refractivity contribution in [3.63, 3.8) is 0 Å². The van der Waals surface area contributed by atoms with Gasteiger partial charge in [0.05, 0.1) is 19.2 Å². The number of amides is 1. The minimum Gasteiger partial charge on any atom is -0.495 e. The topological polar surface area (TPSA) is 64.6 Å². The molecule has 0 fully saturated rings. The number of nitrogens with one attached hydrogen (secondary N) is 1. The van der Waals surface area contributed by atoms with Gasteiger partial charge in [-0.15, -0.1) is 11.8 Å². The summed E-state index contributed by atoms with van der Waals surface area (Å²) in [6, 6.07) is 16.9. The molecule has 0 saturated carbocycles. The molecule has 5 nitrogen and oxygen atoms in total. The van der Waals surface area contributed by atoms with Crippen molar-refractivity contribution in [1.29, 1.82) is 0 Å². The first-order valence-electron chi connectivity index (χ1n) is 7.91. The molecule has 0 unspecified atom stereocenters. The number of para-hydroxylation sites is 2. The molecule has 0 aliphatic rings. The van der Waals surface area contributed by atoms with E-state index >= 15 is 0 Å². The summed E-state index contributed by atoms with van der Waals surface area (Å²) >= 11 is 1.57. The summed E-state index contributed by atoms with van der Waals surface area (Å²) in [5.41, 5.74) is 0.539. The van der Waals surface area contributed by atoms with Gasteiger partial charge in [0.25, 0.3) is 5.91 Å². The lowest BCUT2D eigenvalue weighted by molar-refractivity contribution is -0.152. The van der Waals surface area contributed by atoms with E-state index in [1.54, 1.807) is 36.9 Å². The van der Waals surface area contributed by atoms with Crippen molar-refractivity contribution in [1.82, 2.24) is 0 Å². The zero-order chi connectivity index (χ0) is 18.1. The Morgan fingerprint density at radius 1 is 1.08 bits per heavy atom. The SMILES string of the molecule is COc1ccccc1NC(=O)[C@@H](C)OC(=O)CCSc1ccccc1. The maximum absolute atomic E-state index is 12.2. The van der Waals surface area contributed by atoms with Crippen LogP contribution in [-0.2, 0) is 14.3 Å². The first kappa shape index (κ1) is 18.9. The summed E-state index contributed by atoms with van der Waals surface area (Å²) in [5.74, 6) is 0.359. The third kappa shape index (κ3) is 6.15. The molecule has 0 aliphatic heterocycles. The van der Waals surface area contributed by atoms with Crippen LogP contribution in [0.15, 0.2) is 59.5 Å². The lowest BCUT2D eigenvalue weighted by Crippen LogP contribution is -2.30. The normalized spacial score (nSPS) is 11.4. The van der Waals surface area contributed by atoms with Crippen LogP contribution < -0.4 is 10.1 Å². The van der Waals surface area contributed by atoms with Crippen LogP contribution in [0, 0.1) is 0 Å². The summed E-state index contributed by atoms with van der Waals surface area (Å²) < 4.78 is 10.4. The van der Waals surface area contributed by atoms with E-state index < -0.39 is 18.0 Å². The van der Waals surface area contributed by atoms with Crippen LogP contribution in [0.4, 0.5) is 5.69 Å². The van der Waals surface area contributed by atoms with Gasteiger partial charge in [0.1, 0.15) is 5.75 Å². The Morgan fingerprint density at radius 3 is 2.48 bits per heavy atom. The van der Waals surface area contributed by atoms with E-state index in [-0.39, 0.29) is 6.42 Å². The third-order valence-corrected chi connectivity index (χ3v) is 4.37. The van der Waals surface area contributed by atoms with E-state index in [1.807, 2.05) is 36.4 Å². The van der Waals surface area contributed by atoms with Gasteiger partial charge in [-0.25, -0.2) is 0 Å². The van der Waals surface area contributed by atoms with Crippen LogP contribution >= 0.6 is 11.8 Å². The molecular formula is C19H21NO4S. The van der Waals surface area contributed by atoms with Crippen LogP contribution in [0.1, 0.15) is 13.3 Å². The van der Waals surface area contributed by atoms with Gasteiger partial charge >= 0.3 is 5.97 Å². The first-order valence-corrected chi connectivity index (χ1v) is 8.90. The number of rotatable bonds is 8. The lowest BCUT2D eigenvalue weighted by atomic mass is 10.2. The molecule has 2 aromatic rings. The minimum atomic E-state index is -0.876. The van der Waals surface area contributed by atoms with Gasteiger partial charge in [0, 0.05) is 10.6 Å². The molecule has 1 N–H and O–H groups in total. The molecule has 1 atom stereocenters. The molecule has 1 amide bonds. The largest absolute Gasteiger partial charge is 0.495 e. The monoisotopic (exact) mass is 359 g/mol. The Hall–Kier alpha value is -2.47. The van der Waals surface area contributed by atoms with Gasteiger partial charge in [-0.3, -0.25) is 9.59 Å². The van der Waals surface area contributed by atoms with Gasteiger partial charge in [-0.2, -0.15) is 0 Å². The Kier molecular flexibility index (Phi) is 7.35. The predicted octanol–water partition coefficient (Wildman–Crippen LogP) is 3.75. The third-order valence-electron chi connectivity index (χ3n) is 3.36. The second-order valence-corrected chi connectivity index (χ2v) is 6.40. The van der Waals surface area contributed by atoms with Crippen molar-refractivity contribution >= 4 is 29.3 Å². The number of esters is 1. The average Bonchev–Trinajstić information content (AvgIpc) is 2.63. The number of ether oxygens (including phenoxy) is 2. The maximum Gasteiger partial charge on any atom is 0.307 e. The zero-order valence-electron chi connectivity index (χ0n) is 14.2. The van der Waals surface area contributed by atoms with Crippen molar-refractivity contribution in [3.05, 3.63) is 54.6 Å². The molecule has 0 radical (unpaired) electrons. The summed E-state index contributed by atoms with van der Waals surface area (Å²) in [6.07, 6.45) is -0.634. The highest BCUT2D eigenvalue weighted by Crippen LogP contribution is 2.23. The lowest BCUT2D eigenvalue weighted by Gasteiger charge is -2.15. The molecule has 0 heterocycles. The molecule has 0 bridgehead atoms. The number of hydrogen-bond acceptors (Lipinski definition) is 5. The van der Waals surface area contributed by atoms with E-state index in [2.05, 4.69) is 5.32 Å². The fraction of sp³-hybridized carbons (Fsp3) is 0.263. The van der Waals surface area contributed by atoms with E-state index in [9.17, 15) is 9.59 Å². The van der Waals surface area contributed by atoms with Gasteiger partial charge in [0.2, 0.25) is 0 Å². The number of carbonyl (C=O) groups is 2.